The fourth-order valence-electron chi connectivity index (χ4n) is 10.7. The molecule has 6 nitrogen and oxygen atoms in total. The van der Waals surface area contributed by atoms with Gasteiger partial charge in [-0.25, -0.2) is 4.98 Å². The minimum absolute atomic E-state index is 0.794. The fraction of sp³-hybridized carbons (Fsp3) is 0. The number of nitrogens with zero attached hydrogens (tertiary/aromatic N) is 5. The molecule has 0 N–H and O–H groups in total. The van der Waals surface area contributed by atoms with Gasteiger partial charge in [-0.2, -0.15) is 0 Å². The van der Waals surface area contributed by atoms with Crippen molar-refractivity contribution in [1.29, 1.82) is 0 Å². The van der Waals surface area contributed by atoms with Crippen molar-refractivity contribution in [3.05, 3.63) is 213 Å². The van der Waals surface area contributed by atoms with Gasteiger partial charge in [-0.15, -0.1) is 11.3 Å². The molecule has 0 aliphatic heterocycles. The lowest BCUT2D eigenvalue weighted by molar-refractivity contribution is 0.670. The van der Waals surface area contributed by atoms with Crippen molar-refractivity contribution in [2.45, 2.75) is 0 Å². The van der Waals surface area contributed by atoms with Crippen molar-refractivity contribution in [2.24, 2.45) is 0 Å². The van der Waals surface area contributed by atoms with Gasteiger partial charge in [0.1, 0.15) is 11.2 Å². The number of aromatic nitrogens is 5. The third-order valence-corrected chi connectivity index (χ3v) is 19.3. The monoisotopic (exact) mass is 865 g/mol. The van der Waals surface area contributed by atoms with E-state index in [0.717, 1.165) is 65.2 Å². The predicted molar refractivity (Wildman–Crippen MR) is 272 cm³/mol. The van der Waals surface area contributed by atoms with Crippen LogP contribution in [0.5, 0.6) is 0 Å². The lowest BCUT2D eigenvalue weighted by Gasteiger charge is -2.32. The normalized spacial score (nSPS) is 12.3. The maximum Gasteiger partial charge on any atom is 0.230 e. The van der Waals surface area contributed by atoms with Gasteiger partial charge in [0.25, 0.3) is 0 Å². The minimum atomic E-state index is -3.36. The summed E-state index contributed by atoms with van der Waals surface area (Å²) in [6, 6.07) is 69.6. The summed E-state index contributed by atoms with van der Waals surface area (Å²) in [7, 11) is -3.36. The van der Waals surface area contributed by atoms with E-state index in [1.807, 2.05) is 36.0 Å². The molecule has 0 unspecified atom stereocenters. The summed E-state index contributed by atoms with van der Waals surface area (Å²) >= 11 is 1.81. The summed E-state index contributed by atoms with van der Waals surface area (Å²) in [6.45, 7) is 0. The van der Waals surface area contributed by atoms with E-state index in [-0.39, 0.29) is 0 Å². The van der Waals surface area contributed by atoms with Gasteiger partial charge < -0.3 is 8.98 Å². The van der Waals surface area contributed by atoms with Crippen LogP contribution in [0.4, 0.5) is 0 Å². The first kappa shape index (κ1) is 36.3. The second kappa shape index (κ2) is 13.9. The highest BCUT2D eigenvalue weighted by Crippen LogP contribution is 2.39. The molecule has 0 bridgehead atoms. The standard InChI is InChI=1S/C57H35N5OSSi/c1-3-14-38(15-4-1)65(39-16-5-2-6-17-39,56-53-43(29-32-59-56)46-34-36(25-27-51(46)63-53)61-48-22-10-7-18-40(48)41-19-8-11-23-49(41)61)57-54-44(30-33-60-57)47-35-37(26-28-52(47)64-54)62-50-24-12-9-20-42(50)45-21-13-31-58-55(45)62/h1-35H. The molecule has 7 aromatic heterocycles. The summed E-state index contributed by atoms with van der Waals surface area (Å²) < 4.78 is 14.1. The molecule has 7 aromatic carbocycles. The predicted octanol–water partition coefficient (Wildman–Crippen LogP) is 11.7. The van der Waals surface area contributed by atoms with E-state index < -0.39 is 8.07 Å². The van der Waals surface area contributed by atoms with E-state index in [4.69, 9.17) is 19.4 Å². The number of furan rings is 1. The Morgan fingerprint density at radius 1 is 0.400 bits per heavy atom. The summed E-state index contributed by atoms with van der Waals surface area (Å²) in [5.41, 5.74) is 8.19. The zero-order valence-electron chi connectivity index (χ0n) is 34.8. The van der Waals surface area contributed by atoms with Gasteiger partial charge >= 0.3 is 0 Å². The molecule has 7 heterocycles. The molecule has 0 saturated heterocycles. The molecule has 0 amide bonds. The topological polar surface area (TPSA) is 61.7 Å². The Bertz CT molecular complexity index is 3830. The molecule has 0 fully saturated rings. The number of thiophene rings is 1. The van der Waals surface area contributed by atoms with Crippen LogP contribution in [0.15, 0.2) is 217 Å². The average Bonchev–Trinajstić information content (AvgIpc) is 4.13. The smallest absolute Gasteiger partial charge is 0.230 e. The van der Waals surface area contributed by atoms with Gasteiger partial charge in [0, 0.05) is 77.8 Å². The van der Waals surface area contributed by atoms with Crippen LogP contribution in [0, 0.1) is 0 Å². The SMILES string of the molecule is c1ccc([Si](c2ccccc2)(c2nccc3c2oc2ccc(-n4c5ccccc5c5ccccc54)cc23)c2nccc3c2sc2ccc(-n4c5ccccc5c5cccnc54)cc23)cc1. The zero-order chi connectivity index (χ0) is 42.6. The summed E-state index contributed by atoms with van der Waals surface area (Å²) in [5, 5.41) is 13.6. The Morgan fingerprint density at radius 2 is 0.954 bits per heavy atom. The third-order valence-electron chi connectivity index (χ3n) is 13.4. The van der Waals surface area contributed by atoms with Crippen LogP contribution in [0.25, 0.3) is 97.2 Å². The Balaban J connectivity index is 1.04. The number of fused-ring (bicyclic) bond motifs is 12. The van der Waals surface area contributed by atoms with E-state index >= 15 is 0 Å². The molecule has 0 aliphatic carbocycles. The van der Waals surface area contributed by atoms with Crippen molar-refractivity contribution in [2.75, 3.05) is 0 Å². The van der Waals surface area contributed by atoms with Gasteiger partial charge in [0.2, 0.25) is 8.07 Å². The highest BCUT2D eigenvalue weighted by Gasteiger charge is 2.48. The number of hydrogen-bond acceptors (Lipinski definition) is 5. The van der Waals surface area contributed by atoms with Crippen LogP contribution in [0.1, 0.15) is 0 Å². The largest absolute Gasteiger partial charge is 0.455 e. The first-order chi connectivity index (χ1) is 32.3. The van der Waals surface area contributed by atoms with Crippen molar-refractivity contribution in [3.8, 4) is 11.4 Å². The third kappa shape index (κ3) is 5.12. The second-order valence-corrected chi connectivity index (χ2v) is 21.4. The van der Waals surface area contributed by atoms with Crippen LogP contribution < -0.4 is 21.0 Å². The first-order valence-corrected chi connectivity index (χ1v) is 24.6. The second-order valence-electron chi connectivity index (χ2n) is 16.7. The van der Waals surface area contributed by atoms with Crippen molar-refractivity contribution in [3.63, 3.8) is 0 Å². The van der Waals surface area contributed by atoms with E-state index in [1.54, 1.807) is 0 Å². The van der Waals surface area contributed by atoms with Crippen LogP contribution in [0.3, 0.4) is 0 Å². The molecule has 65 heavy (non-hydrogen) atoms. The van der Waals surface area contributed by atoms with Gasteiger partial charge in [-0.05, 0) is 89.2 Å². The first-order valence-electron chi connectivity index (χ1n) is 21.8. The molecular formula is C57H35N5OSSi. The van der Waals surface area contributed by atoms with Crippen LogP contribution in [0.2, 0.25) is 0 Å². The number of benzene rings is 7. The molecule has 0 saturated carbocycles. The Morgan fingerprint density at radius 3 is 1.66 bits per heavy atom. The van der Waals surface area contributed by atoms with Crippen molar-refractivity contribution >= 4 is 126 Å². The number of pyridine rings is 3. The lowest BCUT2D eigenvalue weighted by atomic mass is 10.1. The Kier molecular flexibility index (Phi) is 7.77. The molecule has 8 heteroatoms. The maximum atomic E-state index is 7.13. The quantitative estimate of drug-likeness (QED) is 0.156. The average molecular weight is 866 g/mol. The number of hydrogen-bond donors (Lipinski definition) is 0. The molecular weight excluding hydrogens is 831 g/mol. The molecule has 14 aromatic rings. The fourth-order valence-corrected chi connectivity index (χ4v) is 16.9. The molecule has 0 radical (unpaired) electrons. The van der Waals surface area contributed by atoms with E-state index in [2.05, 4.69) is 197 Å². The summed E-state index contributed by atoms with van der Waals surface area (Å²) in [6.07, 6.45) is 5.86. The van der Waals surface area contributed by atoms with Gasteiger partial charge in [-0.1, -0.05) is 115 Å². The van der Waals surface area contributed by atoms with Crippen LogP contribution in [-0.4, -0.2) is 32.2 Å². The van der Waals surface area contributed by atoms with Crippen molar-refractivity contribution < 1.29 is 4.42 Å². The highest BCUT2D eigenvalue weighted by atomic mass is 32.1. The van der Waals surface area contributed by atoms with Gasteiger partial charge in [0.05, 0.1) is 31.9 Å². The molecule has 304 valence electrons. The molecule has 0 atom stereocenters. The molecule has 0 aliphatic rings. The highest BCUT2D eigenvalue weighted by molar-refractivity contribution is 7.30. The lowest BCUT2D eigenvalue weighted by Crippen LogP contribution is -2.76. The minimum Gasteiger partial charge on any atom is -0.455 e. The Hall–Kier alpha value is -8.17. The zero-order valence-corrected chi connectivity index (χ0v) is 36.6. The van der Waals surface area contributed by atoms with Gasteiger partial charge in [0.15, 0.2) is 5.58 Å². The van der Waals surface area contributed by atoms with Crippen LogP contribution >= 0.6 is 11.3 Å². The van der Waals surface area contributed by atoms with Crippen LogP contribution in [-0.2, 0) is 0 Å². The Labute approximate surface area is 376 Å². The van der Waals surface area contributed by atoms with E-state index in [1.165, 1.54) is 53.0 Å². The van der Waals surface area contributed by atoms with E-state index in [9.17, 15) is 0 Å². The summed E-state index contributed by atoms with van der Waals surface area (Å²) in [4.78, 5) is 15.8. The van der Waals surface area contributed by atoms with Gasteiger partial charge in [-0.3, -0.25) is 14.5 Å². The summed E-state index contributed by atoms with van der Waals surface area (Å²) in [5.74, 6) is 0. The number of rotatable bonds is 6. The molecule has 0 spiro atoms. The van der Waals surface area contributed by atoms with Crippen molar-refractivity contribution in [1.82, 2.24) is 24.1 Å². The maximum absolute atomic E-state index is 7.13. The van der Waals surface area contributed by atoms with E-state index in [0.29, 0.717) is 0 Å². The molecule has 14 rings (SSSR count). The number of para-hydroxylation sites is 3.